The molecule has 0 saturated carbocycles. The Morgan fingerprint density at radius 2 is 1.91 bits per heavy atom. The predicted octanol–water partition coefficient (Wildman–Crippen LogP) is 3.23. The molecule has 0 bridgehead atoms. The molecule has 2 aromatic carbocycles. The van der Waals surface area contributed by atoms with Crippen LogP contribution in [0.5, 0.6) is 5.75 Å². The fraction of sp³-hybridized carbons (Fsp3) is 0.222. The third-order valence-electron chi connectivity index (χ3n) is 3.58. The molecule has 0 aliphatic carbocycles. The van der Waals surface area contributed by atoms with Gasteiger partial charge in [-0.2, -0.15) is 0 Å². The molecule has 0 atom stereocenters. The second kappa shape index (κ2) is 6.52. The summed E-state index contributed by atoms with van der Waals surface area (Å²) in [5.74, 6) is 1.49. The van der Waals surface area contributed by atoms with Crippen molar-refractivity contribution in [3.63, 3.8) is 0 Å². The number of hydrogen-bond donors (Lipinski definition) is 1. The molecule has 3 aromatic rings. The number of carbonyl (C=O) groups is 1. The minimum Gasteiger partial charge on any atom is -0.494 e. The first kappa shape index (κ1) is 15.1. The summed E-state index contributed by atoms with van der Waals surface area (Å²) in [5.41, 5.74) is 2.51. The van der Waals surface area contributed by atoms with Gasteiger partial charge in [0.1, 0.15) is 11.6 Å². The number of para-hydroxylation sites is 2. The van der Waals surface area contributed by atoms with Crippen LogP contribution in [0, 0.1) is 0 Å². The van der Waals surface area contributed by atoms with E-state index in [-0.39, 0.29) is 5.91 Å². The Kier molecular flexibility index (Phi) is 4.28. The van der Waals surface area contributed by atoms with Gasteiger partial charge in [0.05, 0.1) is 24.2 Å². The van der Waals surface area contributed by atoms with Crippen molar-refractivity contribution in [2.24, 2.45) is 0 Å². The molecular weight excluding hydrogens is 290 g/mol. The van der Waals surface area contributed by atoms with Crippen LogP contribution in [0.1, 0.15) is 23.1 Å². The summed E-state index contributed by atoms with van der Waals surface area (Å²) >= 11 is 0. The van der Waals surface area contributed by atoms with Crippen molar-refractivity contribution in [1.29, 1.82) is 0 Å². The molecule has 0 radical (unpaired) electrons. The summed E-state index contributed by atoms with van der Waals surface area (Å²) in [7, 11) is 1.77. The summed E-state index contributed by atoms with van der Waals surface area (Å²) in [5, 5.41) is 0. The van der Waals surface area contributed by atoms with E-state index in [1.165, 1.54) is 0 Å². The number of imidazole rings is 1. The van der Waals surface area contributed by atoms with Crippen molar-refractivity contribution in [3.05, 3.63) is 59.9 Å². The van der Waals surface area contributed by atoms with E-state index in [1.807, 2.05) is 43.3 Å². The number of amides is 1. The smallest absolute Gasteiger partial charge is 0.254 e. The minimum absolute atomic E-state index is 0.0477. The fourth-order valence-corrected chi connectivity index (χ4v) is 2.46. The lowest BCUT2D eigenvalue weighted by Gasteiger charge is -2.16. The third-order valence-corrected chi connectivity index (χ3v) is 3.58. The Morgan fingerprint density at radius 1 is 1.17 bits per heavy atom. The molecule has 118 valence electrons. The van der Waals surface area contributed by atoms with E-state index in [4.69, 9.17) is 4.74 Å². The molecular formula is C18H19N3O2. The van der Waals surface area contributed by atoms with Crippen LogP contribution in [-0.2, 0) is 6.54 Å². The summed E-state index contributed by atoms with van der Waals surface area (Å²) in [6, 6.07) is 15.0. The highest BCUT2D eigenvalue weighted by atomic mass is 16.5. The Balaban J connectivity index is 1.71. The number of benzene rings is 2. The van der Waals surface area contributed by atoms with E-state index >= 15 is 0 Å². The van der Waals surface area contributed by atoms with Crippen molar-refractivity contribution in [1.82, 2.24) is 14.9 Å². The van der Waals surface area contributed by atoms with Crippen LogP contribution in [-0.4, -0.2) is 34.4 Å². The predicted molar refractivity (Wildman–Crippen MR) is 89.5 cm³/mol. The standard InChI is InChI=1S/C18H19N3O2/c1-3-23-14-10-8-13(9-11-14)18(22)21(2)12-17-19-15-6-4-5-7-16(15)20-17/h4-11H,3,12H2,1-2H3,(H,19,20). The summed E-state index contributed by atoms with van der Waals surface area (Å²) in [6.07, 6.45) is 0. The van der Waals surface area contributed by atoms with Crippen LogP contribution in [0.15, 0.2) is 48.5 Å². The van der Waals surface area contributed by atoms with Crippen molar-refractivity contribution in [2.75, 3.05) is 13.7 Å². The van der Waals surface area contributed by atoms with Gasteiger partial charge in [-0.15, -0.1) is 0 Å². The minimum atomic E-state index is -0.0477. The number of carbonyl (C=O) groups excluding carboxylic acids is 1. The number of H-pyrrole nitrogens is 1. The van der Waals surface area contributed by atoms with Gasteiger partial charge < -0.3 is 14.6 Å². The van der Waals surface area contributed by atoms with Gasteiger partial charge in [0, 0.05) is 12.6 Å². The Bertz CT molecular complexity index is 776. The SMILES string of the molecule is CCOc1ccc(C(=O)N(C)Cc2nc3ccccc3[nH]2)cc1. The number of hydrogen-bond acceptors (Lipinski definition) is 3. The molecule has 1 aromatic heterocycles. The molecule has 0 spiro atoms. The molecule has 0 aliphatic heterocycles. The van der Waals surface area contributed by atoms with Gasteiger partial charge in [-0.3, -0.25) is 4.79 Å². The lowest BCUT2D eigenvalue weighted by Crippen LogP contribution is -2.26. The van der Waals surface area contributed by atoms with E-state index in [0.717, 1.165) is 22.6 Å². The van der Waals surface area contributed by atoms with Gasteiger partial charge in [0.2, 0.25) is 0 Å². The van der Waals surface area contributed by atoms with Gasteiger partial charge in [-0.1, -0.05) is 12.1 Å². The van der Waals surface area contributed by atoms with E-state index < -0.39 is 0 Å². The number of fused-ring (bicyclic) bond motifs is 1. The quantitative estimate of drug-likeness (QED) is 0.787. The molecule has 23 heavy (non-hydrogen) atoms. The van der Waals surface area contributed by atoms with E-state index in [2.05, 4.69) is 9.97 Å². The first-order valence-electron chi connectivity index (χ1n) is 7.59. The Morgan fingerprint density at radius 3 is 2.61 bits per heavy atom. The number of nitrogens with one attached hydrogen (secondary N) is 1. The van der Waals surface area contributed by atoms with Gasteiger partial charge in [-0.25, -0.2) is 4.98 Å². The molecule has 1 amide bonds. The highest BCUT2D eigenvalue weighted by Crippen LogP contribution is 2.15. The Labute approximate surface area is 134 Å². The normalized spacial score (nSPS) is 10.7. The summed E-state index contributed by atoms with van der Waals surface area (Å²) in [6.45, 7) is 2.97. The second-order valence-corrected chi connectivity index (χ2v) is 5.32. The number of ether oxygens (including phenoxy) is 1. The molecule has 5 heteroatoms. The molecule has 3 rings (SSSR count). The molecule has 1 heterocycles. The molecule has 1 N–H and O–H groups in total. The van der Waals surface area contributed by atoms with Crippen molar-refractivity contribution in [2.45, 2.75) is 13.5 Å². The number of nitrogens with zero attached hydrogens (tertiary/aromatic N) is 2. The first-order valence-corrected chi connectivity index (χ1v) is 7.59. The second-order valence-electron chi connectivity index (χ2n) is 5.32. The maximum Gasteiger partial charge on any atom is 0.254 e. The maximum absolute atomic E-state index is 12.5. The summed E-state index contributed by atoms with van der Waals surface area (Å²) < 4.78 is 5.39. The average Bonchev–Trinajstić information content (AvgIpc) is 2.97. The van der Waals surface area contributed by atoms with E-state index in [1.54, 1.807) is 24.1 Å². The maximum atomic E-state index is 12.5. The van der Waals surface area contributed by atoms with Crippen LogP contribution >= 0.6 is 0 Å². The van der Waals surface area contributed by atoms with Crippen molar-refractivity contribution >= 4 is 16.9 Å². The third kappa shape index (κ3) is 3.34. The van der Waals surface area contributed by atoms with Gasteiger partial charge in [-0.05, 0) is 43.3 Å². The fourth-order valence-electron chi connectivity index (χ4n) is 2.46. The first-order chi connectivity index (χ1) is 11.2. The molecule has 0 saturated heterocycles. The van der Waals surface area contributed by atoms with Crippen LogP contribution in [0.2, 0.25) is 0 Å². The lowest BCUT2D eigenvalue weighted by atomic mass is 10.2. The van der Waals surface area contributed by atoms with Gasteiger partial charge >= 0.3 is 0 Å². The largest absolute Gasteiger partial charge is 0.494 e. The zero-order valence-corrected chi connectivity index (χ0v) is 13.2. The summed E-state index contributed by atoms with van der Waals surface area (Å²) in [4.78, 5) is 21.9. The molecule has 0 aliphatic rings. The van der Waals surface area contributed by atoms with Crippen LogP contribution in [0.3, 0.4) is 0 Å². The highest BCUT2D eigenvalue weighted by molar-refractivity contribution is 5.94. The van der Waals surface area contributed by atoms with Crippen LogP contribution in [0.4, 0.5) is 0 Å². The monoisotopic (exact) mass is 309 g/mol. The topological polar surface area (TPSA) is 58.2 Å². The lowest BCUT2D eigenvalue weighted by molar-refractivity contribution is 0.0782. The highest BCUT2D eigenvalue weighted by Gasteiger charge is 2.14. The zero-order chi connectivity index (χ0) is 16.2. The molecule has 0 unspecified atom stereocenters. The molecule has 5 nitrogen and oxygen atoms in total. The Hall–Kier alpha value is -2.82. The van der Waals surface area contributed by atoms with Gasteiger partial charge in [0.15, 0.2) is 0 Å². The average molecular weight is 309 g/mol. The van der Waals surface area contributed by atoms with Crippen molar-refractivity contribution in [3.8, 4) is 5.75 Å². The zero-order valence-electron chi connectivity index (χ0n) is 13.2. The van der Waals surface area contributed by atoms with Crippen LogP contribution < -0.4 is 4.74 Å². The van der Waals surface area contributed by atoms with Gasteiger partial charge in [0.25, 0.3) is 5.91 Å². The molecule has 0 fully saturated rings. The van der Waals surface area contributed by atoms with E-state index in [9.17, 15) is 4.79 Å². The number of aromatic amines is 1. The number of rotatable bonds is 5. The van der Waals surface area contributed by atoms with E-state index in [0.29, 0.717) is 18.7 Å². The van der Waals surface area contributed by atoms with Crippen molar-refractivity contribution < 1.29 is 9.53 Å². The van der Waals surface area contributed by atoms with Crippen LogP contribution in [0.25, 0.3) is 11.0 Å². The number of aromatic nitrogens is 2.